The van der Waals surface area contributed by atoms with E-state index in [0.29, 0.717) is 17.0 Å². The number of sulfonamides is 1. The van der Waals surface area contributed by atoms with Crippen LogP contribution in [0.1, 0.15) is 5.56 Å². The van der Waals surface area contributed by atoms with Gasteiger partial charge in [-0.05, 0) is 36.4 Å². The molecular weight excluding hydrogens is 370 g/mol. The van der Waals surface area contributed by atoms with Crippen molar-refractivity contribution in [2.45, 2.75) is 0 Å². The lowest BCUT2D eigenvalue weighted by atomic mass is 10.2. The lowest BCUT2D eigenvalue weighted by Crippen LogP contribution is -2.37. The van der Waals surface area contributed by atoms with Gasteiger partial charge in [0.1, 0.15) is 18.0 Å². The average Bonchev–Trinajstić information content (AvgIpc) is 2.65. The van der Waals surface area contributed by atoms with Crippen molar-refractivity contribution in [1.29, 1.82) is 5.26 Å². The third kappa shape index (κ3) is 5.12. The number of methoxy groups -OCH3 is 2. The van der Waals surface area contributed by atoms with Gasteiger partial charge < -0.3 is 14.8 Å². The molecule has 0 aliphatic heterocycles. The minimum absolute atomic E-state index is 0.218. The van der Waals surface area contributed by atoms with Crippen LogP contribution in [-0.2, 0) is 14.8 Å². The molecule has 0 unspecified atom stereocenters. The summed E-state index contributed by atoms with van der Waals surface area (Å²) in [7, 11) is -0.881. The van der Waals surface area contributed by atoms with Gasteiger partial charge in [0.25, 0.3) is 0 Å². The predicted octanol–water partition coefficient (Wildman–Crippen LogP) is 1.98. The molecule has 0 atom stereocenters. The molecule has 2 aromatic rings. The molecule has 0 fully saturated rings. The van der Waals surface area contributed by atoms with Gasteiger partial charge in [0, 0.05) is 11.8 Å². The molecule has 1 amide bonds. The Bertz CT molecular complexity index is 965. The minimum atomic E-state index is -3.76. The van der Waals surface area contributed by atoms with Gasteiger partial charge in [-0.3, -0.25) is 9.10 Å². The number of amides is 1. The highest BCUT2D eigenvalue weighted by atomic mass is 32.2. The first-order valence-corrected chi connectivity index (χ1v) is 9.63. The summed E-state index contributed by atoms with van der Waals surface area (Å²) in [5.74, 6) is 0.208. The monoisotopic (exact) mass is 389 g/mol. The Labute approximate surface area is 158 Å². The second kappa shape index (κ2) is 8.42. The van der Waals surface area contributed by atoms with E-state index < -0.39 is 22.5 Å². The van der Waals surface area contributed by atoms with E-state index in [1.54, 1.807) is 30.3 Å². The van der Waals surface area contributed by atoms with Gasteiger partial charge in [0.05, 0.1) is 37.8 Å². The van der Waals surface area contributed by atoms with Crippen LogP contribution < -0.4 is 19.1 Å². The van der Waals surface area contributed by atoms with Gasteiger partial charge in [0.2, 0.25) is 15.9 Å². The van der Waals surface area contributed by atoms with Crippen molar-refractivity contribution in [2.24, 2.45) is 0 Å². The third-order valence-electron chi connectivity index (χ3n) is 3.64. The van der Waals surface area contributed by atoms with E-state index in [-0.39, 0.29) is 11.4 Å². The van der Waals surface area contributed by atoms with Crippen LogP contribution in [0.2, 0.25) is 0 Å². The highest BCUT2D eigenvalue weighted by Gasteiger charge is 2.24. The number of hydrogen-bond donors (Lipinski definition) is 1. The summed E-state index contributed by atoms with van der Waals surface area (Å²) in [6.07, 6.45) is 1.01. The molecule has 0 aromatic heterocycles. The summed E-state index contributed by atoms with van der Waals surface area (Å²) in [6, 6.07) is 12.8. The van der Waals surface area contributed by atoms with Gasteiger partial charge in [-0.2, -0.15) is 5.26 Å². The van der Waals surface area contributed by atoms with Crippen LogP contribution >= 0.6 is 0 Å². The van der Waals surface area contributed by atoms with E-state index in [4.69, 9.17) is 14.7 Å². The Balaban J connectivity index is 2.27. The Kier molecular flexibility index (Phi) is 6.26. The second-order valence-electron chi connectivity index (χ2n) is 5.54. The topological polar surface area (TPSA) is 109 Å². The van der Waals surface area contributed by atoms with Crippen molar-refractivity contribution in [3.63, 3.8) is 0 Å². The second-order valence-corrected chi connectivity index (χ2v) is 7.45. The molecule has 2 aromatic carbocycles. The van der Waals surface area contributed by atoms with Crippen LogP contribution in [0.4, 0.5) is 11.4 Å². The number of nitriles is 1. The van der Waals surface area contributed by atoms with Crippen molar-refractivity contribution < 1.29 is 22.7 Å². The molecule has 0 spiro atoms. The van der Waals surface area contributed by atoms with E-state index in [2.05, 4.69) is 5.32 Å². The van der Waals surface area contributed by atoms with Crippen molar-refractivity contribution in [2.75, 3.05) is 36.6 Å². The van der Waals surface area contributed by atoms with Crippen LogP contribution in [0, 0.1) is 11.3 Å². The van der Waals surface area contributed by atoms with Gasteiger partial charge in [-0.15, -0.1) is 0 Å². The molecule has 27 heavy (non-hydrogen) atoms. The number of ether oxygens (including phenoxy) is 2. The predicted molar refractivity (Wildman–Crippen MR) is 102 cm³/mol. The highest BCUT2D eigenvalue weighted by Crippen LogP contribution is 2.33. The number of anilines is 2. The molecule has 0 saturated heterocycles. The van der Waals surface area contributed by atoms with E-state index >= 15 is 0 Å². The SMILES string of the molecule is COc1ccc(N(CC(=O)Nc2ccc(C#N)cc2)S(C)(=O)=O)c(OC)c1. The van der Waals surface area contributed by atoms with E-state index in [1.165, 1.54) is 26.4 Å². The van der Waals surface area contributed by atoms with Crippen LogP contribution in [0.5, 0.6) is 11.5 Å². The van der Waals surface area contributed by atoms with Crippen LogP contribution in [0.3, 0.4) is 0 Å². The summed E-state index contributed by atoms with van der Waals surface area (Å²) < 4.78 is 35.8. The molecule has 0 radical (unpaired) electrons. The summed E-state index contributed by atoms with van der Waals surface area (Å²) in [4.78, 5) is 12.4. The quantitative estimate of drug-likeness (QED) is 0.776. The third-order valence-corrected chi connectivity index (χ3v) is 4.77. The average molecular weight is 389 g/mol. The number of carbonyl (C=O) groups is 1. The normalized spacial score (nSPS) is 10.6. The summed E-state index contributed by atoms with van der Waals surface area (Å²) in [5, 5.41) is 11.4. The molecule has 142 valence electrons. The van der Waals surface area contributed by atoms with Crippen LogP contribution in [-0.4, -0.2) is 41.3 Å². The Morgan fingerprint density at radius 1 is 1.15 bits per heavy atom. The Morgan fingerprint density at radius 2 is 1.81 bits per heavy atom. The number of nitrogens with zero attached hydrogens (tertiary/aromatic N) is 2. The van der Waals surface area contributed by atoms with Gasteiger partial charge in [-0.1, -0.05) is 0 Å². The maximum absolute atomic E-state index is 12.4. The number of carbonyl (C=O) groups excluding carboxylic acids is 1. The largest absolute Gasteiger partial charge is 0.497 e. The molecule has 9 heteroatoms. The summed E-state index contributed by atoms with van der Waals surface area (Å²) in [6.45, 7) is -0.443. The van der Waals surface area contributed by atoms with Crippen LogP contribution in [0.25, 0.3) is 0 Å². The van der Waals surface area contributed by atoms with E-state index in [0.717, 1.165) is 10.6 Å². The lowest BCUT2D eigenvalue weighted by molar-refractivity contribution is -0.114. The molecule has 0 saturated carbocycles. The van der Waals surface area contributed by atoms with Gasteiger partial charge in [0.15, 0.2) is 0 Å². The van der Waals surface area contributed by atoms with Crippen molar-refractivity contribution in [1.82, 2.24) is 0 Å². The van der Waals surface area contributed by atoms with E-state index in [1.807, 2.05) is 6.07 Å². The molecular formula is C18H19N3O5S. The fraction of sp³-hybridized carbons (Fsp3) is 0.222. The van der Waals surface area contributed by atoms with Gasteiger partial charge in [-0.25, -0.2) is 8.42 Å². The standard InChI is InChI=1S/C18H19N3O5S/c1-25-15-8-9-16(17(10-15)26-2)21(27(3,23)24)12-18(22)20-14-6-4-13(11-19)5-7-14/h4-10H,12H2,1-3H3,(H,20,22). The fourth-order valence-corrected chi connectivity index (χ4v) is 3.19. The van der Waals surface area contributed by atoms with Crippen molar-refractivity contribution >= 4 is 27.3 Å². The molecule has 0 aliphatic carbocycles. The van der Waals surface area contributed by atoms with Crippen molar-refractivity contribution in [3.8, 4) is 17.6 Å². The first-order chi connectivity index (χ1) is 12.8. The van der Waals surface area contributed by atoms with Crippen molar-refractivity contribution in [3.05, 3.63) is 48.0 Å². The summed E-state index contributed by atoms with van der Waals surface area (Å²) >= 11 is 0. The highest BCUT2D eigenvalue weighted by molar-refractivity contribution is 7.92. The zero-order chi connectivity index (χ0) is 20.0. The number of rotatable bonds is 7. The maximum Gasteiger partial charge on any atom is 0.245 e. The molecule has 0 heterocycles. The number of hydrogen-bond acceptors (Lipinski definition) is 6. The molecule has 8 nitrogen and oxygen atoms in total. The number of benzene rings is 2. The molecule has 0 aliphatic rings. The lowest BCUT2D eigenvalue weighted by Gasteiger charge is -2.24. The first-order valence-electron chi connectivity index (χ1n) is 7.78. The zero-order valence-corrected chi connectivity index (χ0v) is 15.9. The maximum atomic E-state index is 12.4. The van der Waals surface area contributed by atoms with Gasteiger partial charge >= 0.3 is 0 Å². The minimum Gasteiger partial charge on any atom is -0.497 e. The first kappa shape index (κ1) is 20.1. The molecule has 1 N–H and O–H groups in total. The zero-order valence-electron chi connectivity index (χ0n) is 15.1. The van der Waals surface area contributed by atoms with Crippen LogP contribution in [0.15, 0.2) is 42.5 Å². The smallest absolute Gasteiger partial charge is 0.245 e. The van der Waals surface area contributed by atoms with E-state index in [9.17, 15) is 13.2 Å². The summed E-state index contributed by atoms with van der Waals surface area (Å²) in [5.41, 5.74) is 1.12. The Hall–Kier alpha value is -3.25. The molecule has 2 rings (SSSR count). The molecule has 0 bridgehead atoms. The fourth-order valence-electron chi connectivity index (χ4n) is 2.33. The number of nitrogens with one attached hydrogen (secondary N) is 1. The Morgan fingerprint density at radius 3 is 2.33 bits per heavy atom.